The number of phenols is 1. The molecule has 0 spiro atoms. The zero-order valence-electron chi connectivity index (χ0n) is 16.8. The number of aromatic hydroxyl groups is 1. The van der Waals surface area contributed by atoms with E-state index in [-0.39, 0.29) is 17.7 Å². The molecule has 1 fully saturated rings. The average molecular weight is 396 g/mol. The molecule has 2 aromatic carbocycles. The predicted octanol–water partition coefficient (Wildman–Crippen LogP) is 2.39. The first-order chi connectivity index (χ1) is 14.1. The summed E-state index contributed by atoms with van der Waals surface area (Å²) < 4.78 is 0. The van der Waals surface area contributed by atoms with Gasteiger partial charge in [0.2, 0.25) is 0 Å². The smallest absolute Gasteiger partial charge is 0.317 e. The third kappa shape index (κ3) is 5.40. The molecule has 0 bridgehead atoms. The summed E-state index contributed by atoms with van der Waals surface area (Å²) in [5, 5.41) is 12.8. The maximum atomic E-state index is 12.5. The maximum absolute atomic E-state index is 12.5. The summed E-state index contributed by atoms with van der Waals surface area (Å²) in [6.07, 6.45) is 0.850. The van der Waals surface area contributed by atoms with Crippen molar-refractivity contribution in [1.82, 2.24) is 15.1 Å². The maximum Gasteiger partial charge on any atom is 0.317 e. The molecule has 3 amide bonds. The average Bonchev–Trinajstić information content (AvgIpc) is 2.77. The second-order valence-electron chi connectivity index (χ2n) is 7.14. The van der Waals surface area contributed by atoms with Crippen LogP contribution in [0.25, 0.3) is 0 Å². The fourth-order valence-corrected chi connectivity index (χ4v) is 3.37. The van der Waals surface area contributed by atoms with Gasteiger partial charge in [-0.1, -0.05) is 30.3 Å². The number of anilines is 1. The molecule has 3 rings (SSSR count). The van der Waals surface area contributed by atoms with E-state index in [1.54, 1.807) is 28.0 Å². The van der Waals surface area contributed by atoms with Gasteiger partial charge < -0.3 is 25.1 Å². The number of benzene rings is 2. The van der Waals surface area contributed by atoms with Gasteiger partial charge >= 0.3 is 6.03 Å². The van der Waals surface area contributed by atoms with Gasteiger partial charge in [0, 0.05) is 52.0 Å². The van der Waals surface area contributed by atoms with Crippen LogP contribution in [0.15, 0.2) is 54.6 Å². The summed E-state index contributed by atoms with van der Waals surface area (Å²) in [6.45, 7) is 3.33. The lowest BCUT2D eigenvalue weighted by Gasteiger charge is -2.34. The van der Waals surface area contributed by atoms with Crippen LogP contribution in [0.4, 0.5) is 10.5 Å². The van der Waals surface area contributed by atoms with Crippen LogP contribution < -0.4 is 10.2 Å². The fourth-order valence-electron chi connectivity index (χ4n) is 3.37. The van der Waals surface area contributed by atoms with Crippen LogP contribution in [0.5, 0.6) is 5.75 Å². The van der Waals surface area contributed by atoms with Crippen molar-refractivity contribution >= 4 is 17.6 Å². The number of nitrogens with one attached hydrogen (secondary N) is 1. The molecule has 0 radical (unpaired) electrons. The zero-order valence-corrected chi connectivity index (χ0v) is 16.8. The van der Waals surface area contributed by atoms with E-state index in [1.165, 1.54) is 6.07 Å². The molecule has 1 saturated heterocycles. The largest absolute Gasteiger partial charge is 0.507 e. The van der Waals surface area contributed by atoms with Gasteiger partial charge in [-0.15, -0.1) is 0 Å². The minimum Gasteiger partial charge on any atom is -0.507 e. The summed E-state index contributed by atoms with van der Waals surface area (Å²) in [5.41, 5.74) is 1.46. The molecule has 2 aromatic rings. The molecule has 7 heteroatoms. The number of para-hydroxylation sites is 2. The molecule has 0 saturated carbocycles. The highest BCUT2D eigenvalue weighted by Gasteiger charge is 2.25. The van der Waals surface area contributed by atoms with Crippen molar-refractivity contribution in [2.24, 2.45) is 0 Å². The van der Waals surface area contributed by atoms with Gasteiger partial charge in [0.05, 0.1) is 5.56 Å². The second-order valence-corrected chi connectivity index (χ2v) is 7.14. The standard InChI is InChI=1S/C22H28N4O3/c1-24(18-8-3-2-4-9-18)13-7-12-23-22(29)26-16-14-25(15-17-26)21(28)19-10-5-6-11-20(19)27/h2-6,8-11,27H,7,12-17H2,1H3,(H,23,29). The molecule has 2 N–H and O–H groups in total. The van der Waals surface area contributed by atoms with Gasteiger partial charge in [0.25, 0.3) is 5.91 Å². The first kappa shape index (κ1) is 20.5. The lowest BCUT2D eigenvalue weighted by Crippen LogP contribution is -2.53. The SMILES string of the molecule is CN(CCCNC(=O)N1CCN(C(=O)c2ccccc2O)CC1)c1ccccc1. The van der Waals surface area contributed by atoms with Crippen LogP contribution in [0.2, 0.25) is 0 Å². The molecular formula is C22H28N4O3. The van der Waals surface area contributed by atoms with Gasteiger partial charge in [0.1, 0.15) is 5.75 Å². The van der Waals surface area contributed by atoms with Crippen LogP contribution >= 0.6 is 0 Å². The Labute approximate surface area is 171 Å². The van der Waals surface area contributed by atoms with Crippen LogP contribution in [0, 0.1) is 0 Å². The Bertz CT molecular complexity index is 820. The quantitative estimate of drug-likeness (QED) is 0.735. The van der Waals surface area contributed by atoms with E-state index in [0.29, 0.717) is 38.3 Å². The van der Waals surface area contributed by atoms with Crippen molar-refractivity contribution in [1.29, 1.82) is 0 Å². The highest BCUT2D eigenvalue weighted by Crippen LogP contribution is 2.18. The summed E-state index contributed by atoms with van der Waals surface area (Å²) >= 11 is 0. The number of urea groups is 1. The molecule has 29 heavy (non-hydrogen) atoms. The van der Waals surface area contributed by atoms with E-state index >= 15 is 0 Å². The van der Waals surface area contributed by atoms with Crippen LogP contribution in [-0.4, -0.2) is 73.2 Å². The Balaban J connectivity index is 1.38. The van der Waals surface area contributed by atoms with Crippen molar-refractivity contribution in [3.63, 3.8) is 0 Å². The Hall–Kier alpha value is -3.22. The third-order valence-corrected chi connectivity index (χ3v) is 5.13. The number of piperazine rings is 1. The number of carbonyl (C=O) groups is 2. The van der Waals surface area contributed by atoms with Crippen LogP contribution in [0.3, 0.4) is 0 Å². The molecule has 7 nitrogen and oxygen atoms in total. The first-order valence-electron chi connectivity index (χ1n) is 9.92. The highest BCUT2D eigenvalue weighted by atomic mass is 16.3. The lowest BCUT2D eigenvalue weighted by molar-refractivity contribution is 0.0662. The number of phenolic OH excluding ortho intramolecular Hbond substituents is 1. The Morgan fingerprint density at radius 3 is 2.28 bits per heavy atom. The molecule has 1 heterocycles. The number of hydrogen-bond donors (Lipinski definition) is 2. The van der Waals surface area contributed by atoms with E-state index in [9.17, 15) is 14.7 Å². The summed E-state index contributed by atoms with van der Waals surface area (Å²) in [6, 6.07) is 16.6. The van der Waals surface area contributed by atoms with E-state index in [4.69, 9.17) is 0 Å². The van der Waals surface area contributed by atoms with E-state index in [1.807, 2.05) is 25.2 Å². The number of rotatable bonds is 6. The number of nitrogens with zero attached hydrogens (tertiary/aromatic N) is 3. The Morgan fingerprint density at radius 1 is 0.966 bits per heavy atom. The minimum absolute atomic E-state index is 0.0156. The van der Waals surface area contributed by atoms with E-state index in [2.05, 4.69) is 22.3 Å². The molecule has 0 atom stereocenters. The summed E-state index contributed by atoms with van der Waals surface area (Å²) in [4.78, 5) is 30.5. The second kappa shape index (κ2) is 9.82. The monoisotopic (exact) mass is 396 g/mol. The van der Waals surface area contributed by atoms with Crippen molar-refractivity contribution in [2.45, 2.75) is 6.42 Å². The van der Waals surface area contributed by atoms with Gasteiger partial charge in [-0.3, -0.25) is 4.79 Å². The number of hydrogen-bond acceptors (Lipinski definition) is 4. The van der Waals surface area contributed by atoms with E-state index < -0.39 is 0 Å². The van der Waals surface area contributed by atoms with Crippen LogP contribution in [0.1, 0.15) is 16.8 Å². The first-order valence-corrected chi connectivity index (χ1v) is 9.92. The third-order valence-electron chi connectivity index (χ3n) is 5.13. The van der Waals surface area contributed by atoms with Gasteiger partial charge in [-0.2, -0.15) is 0 Å². The number of carbonyl (C=O) groups excluding carboxylic acids is 2. The van der Waals surface area contributed by atoms with Gasteiger partial charge in [-0.25, -0.2) is 4.79 Å². The summed E-state index contributed by atoms with van der Waals surface area (Å²) in [7, 11) is 2.04. The van der Waals surface area contributed by atoms with Crippen LogP contribution in [-0.2, 0) is 0 Å². The fraction of sp³-hybridized carbons (Fsp3) is 0.364. The molecule has 0 aliphatic carbocycles. The molecule has 1 aliphatic heterocycles. The van der Waals surface area contributed by atoms with Crippen molar-refractivity contribution in [2.75, 3.05) is 51.2 Å². The van der Waals surface area contributed by atoms with Gasteiger partial charge in [-0.05, 0) is 30.7 Å². The zero-order chi connectivity index (χ0) is 20.6. The lowest BCUT2D eigenvalue weighted by atomic mass is 10.1. The highest BCUT2D eigenvalue weighted by molar-refractivity contribution is 5.97. The normalized spacial score (nSPS) is 13.8. The minimum atomic E-state index is -0.202. The molecule has 154 valence electrons. The van der Waals surface area contributed by atoms with Crippen molar-refractivity contribution in [3.8, 4) is 5.75 Å². The molecule has 0 aromatic heterocycles. The predicted molar refractivity (Wildman–Crippen MR) is 113 cm³/mol. The number of amides is 3. The Kier molecular flexibility index (Phi) is 6.94. The summed E-state index contributed by atoms with van der Waals surface area (Å²) in [5.74, 6) is -0.217. The van der Waals surface area contributed by atoms with Gasteiger partial charge in [0.15, 0.2) is 0 Å². The van der Waals surface area contributed by atoms with E-state index in [0.717, 1.165) is 18.7 Å². The molecule has 1 aliphatic rings. The topological polar surface area (TPSA) is 76.1 Å². The molecular weight excluding hydrogens is 368 g/mol. The van der Waals surface area contributed by atoms with Crippen molar-refractivity contribution in [3.05, 3.63) is 60.2 Å². The van der Waals surface area contributed by atoms with Crippen molar-refractivity contribution < 1.29 is 14.7 Å². The Morgan fingerprint density at radius 2 is 1.59 bits per heavy atom. The molecule has 0 unspecified atom stereocenters.